The maximum atomic E-state index is 7.15. The van der Waals surface area contributed by atoms with E-state index in [0.717, 1.165) is 28.7 Å². The summed E-state index contributed by atoms with van der Waals surface area (Å²) in [7, 11) is 0. The summed E-state index contributed by atoms with van der Waals surface area (Å²) < 4.78 is 19.8. The number of nitrogens with zero attached hydrogens (tertiary/aromatic N) is 1. The number of hydrogen-bond acceptors (Lipinski definition) is 3. The van der Waals surface area contributed by atoms with E-state index < -0.39 is 18.4 Å². The van der Waals surface area contributed by atoms with Crippen LogP contribution in [-0.4, -0.2) is 18.4 Å². The van der Waals surface area contributed by atoms with E-state index in [4.69, 9.17) is 9.47 Å². The third kappa shape index (κ3) is 3.66. The molecule has 0 amide bonds. The molecule has 0 fully saturated rings. The van der Waals surface area contributed by atoms with Crippen molar-refractivity contribution in [2.24, 2.45) is 0 Å². The van der Waals surface area contributed by atoms with Gasteiger partial charge in [-0.15, -0.1) is 0 Å². The van der Waals surface area contributed by atoms with Crippen molar-refractivity contribution in [2.45, 2.75) is 52.4 Å². The molecule has 0 N–H and O–H groups in total. The van der Waals surface area contributed by atoms with Gasteiger partial charge in [-0.25, -0.2) is 0 Å². The van der Waals surface area contributed by atoms with E-state index in [0.29, 0.717) is 0 Å². The molecule has 0 saturated carbocycles. The second-order valence-corrected chi connectivity index (χ2v) is 25.2. The molecule has 0 unspecified atom stereocenters. The molecule has 6 aromatic carbocycles. The molecule has 0 spiro atoms. The summed E-state index contributed by atoms with van der Waals surface area (Å²) in [5.74, 6) is 3.98. The van der Waals surface area contributed by atoms with Crippen molar-refractivity contribution in [1.82, 2.24) is 0 Å². The Bertz CT molecular complexity index is 2150. The Morgan fingerprint density at radius 1 is 0.500 bits per heavy atom. The molecule has 9 rings (SSSR count). The molecule has 0 atom stereocenters. The van der Waals surface area contributed by atoms with Gasteiger partial charge in [-0.2, -0.15) is 0 Å². The fourth-order valence-electron chi connectivity index (χ4n) is 8.13. The predicted molar refractivity (Wildman–Crippen MR) is 193 cm³/mol. The minimum absolute atomic E-state index is 0.113. The standard InChI is InChI=1S/C36H32NO2.C6H5.Sn/c1-35(2,3)31-18-16-27-21-33(31)38-29-12-9-13-30(23-29)39-34-22-28(17-19-32(34)36(4,5)6)37(27)26-15-14-24-10-7-8-11-25(24)20-26;1-2-4-6-5-3-1;/h7-20H,1-6H3;1-5H;. The normalized spacial score (nSPS) is 15.2. The minimum atomic E-state index is -4.16. The van der Waals surface area contributed by atoms with Crippen LogP contribution in [0.5, 0.6) is 23.0 Å². The first kappa shape index (κ1) is 28.0. The van der Waals surface area contributed by atoms with E-state index in [9.17, 15) is 0 Å². The first-order valence-electron chi connectivity index (χ1n) is 16.3. The van der Waals surface area contributed by atoms with Crippen LogP contribution in [0.2, 0.25) is 0 Å². The van der Waals surface area contributed by atoms with Crippen LogP contribution in [0, 0.1) is 0 Å². The molecule has 226 valence electrons. The summed E-state index contributed by atoms with van der Waals surface area (Å²) in [5.41, 5.74) is 5.86. The number of hydrogen-bond donors (Lipinski definition) is 0. The molecule has 0 aliphatic carbocycles. The number of anilines is 3. The van der Waals surface area contributed by atoms with E-state index in [1.54, 1.807) is 0 Å². The van der Waals surface area contributed by atoms with Gasteiger partial charge in [-0.1, -0.05) is 0 Å². The Morgan fingerprint density at radius 3 is 1.61 bits per heavy atom. The van der Waals surface area contributed by atoms with Crippen molar-refractivity contribution >= 4 is 60.5 Å². The van der Waals surface area contributed by atoms with Crippen LogP contribution in [0.1, 0.15) is 52.7 Å². The Balaban J connectivity index is 1.52. The molecule has 46 heavy (non-hydrogen) atoms. The molecule has 6 aromatic rings. The second-order valence-electron chi connectivity index (χ2n) is 15.0. The van der Waals surface area contributed by atoms with Crippen molar-refractivity contribution in [3.8, 4) is 23.0 Å². The Hall–Kier alpha value is -4.22. The summed E-state index contributed by atoms with van der Waals surface area (Å²) in [6.07, 6.45) is 0. The molecule has 3 aliphatic rings. The van der Waals surface area contributed by atoms with E-state index in [1.807, 2.05) is 0 Å². The molecule has 3 aliphatic heterocycles. The number of ether oxygens (including phenoxy) is 2. The van der Waals surface area contributed by atoms with Gasteiger partial charge in [0.25, 0.3) is 0 Å². The van der Waals surface area contributed by atoms with E-state index in [-0.39, 0.29) is 10.8 Å². The van der Waals surface area contributed by atoms with Gasteiger partial charge in [0.2, 0.25) is 0 Å². The molecule has 4 heteroatoms. The van der Waals surface area contributed by atoms with Gasteiger partial charge in [0, 0.05) is 0 Å². The van der Waals surface area contributed by atoms with Crippen molar-refractivity contribution in [1.29, 1.82) is 0 Å². The average Bonchev–Trinajstić information content (AvgIpc) is 3.04. The van der Waals surface area contributed by atoms with Crippen molar-refractivity contribution < 1.29 is 9.47 Å². The summed E-state index contributed by atoms with van der Waals surface area (Å²) in [5, 5.41) is 2.46. The maximum absolute atomic E-state index is 7.15. The van der Waals surface area contributed by atoms with Crippen molar-refractivity contribution in [2.75, 3.05) is 4.90 Å². The van der Waals surface area contributed by atoms with Crippen LogP contribution in [0.4, 0.5) is 17.1 Å². The van der Waals surface area contributed by atoms with Gasteiger partial charge in [0.1, 0.15) is 0 Å². The van der Waals surface area contributed by atoms with Gasteiger partial charge in [-0.05, 0) is 0 Å². The average molecular weight is 706 g/mol. The fourth-order valence-corrected chi connectivity index (χ4v) is 23.9. The number of rotatable bonds is 2. The Morgan fingerprint density at radius 2 is 1.04 bits per heavy atom. The van der Waals surface area contributed by atoms with Gasteiger partial charge in [-0.3, -0.25) is 0 Å². The third-order valence-electron chi connectivity index (χ3n) is 10.1. The molecular weight excluding hydrogens is 669 g/mol. The first-order chi connectivity index (χ1) is 22.1. The van der Waals surface area contributed by atoms with E-state index in [2.05, 4.69) is 162 Å². The molecule has 0 bridgehead atoms. The second kappa shape index (κ2) is 9.42. The molecular formula is C42H37NO2Sn. The van der Waals surface area contributed by atoms with Gasteiger partial charge < -0.3 is 0 Å². The quantitative estimate of drug-likeness (QED) is 0.168. The van der Waals surface area contributed by atoms with Crippen molar-refractivity contribution in [3.05, 3.63) is 126 Å². The van der Waals surface area contributed by atoms with Crippen LogP contribution < -0.4 is 28.7 Å². The van der Waals surface area contributed by atoms with E-state index >= 15 is 0 Å². The third-order valence-corrected chi connectivity index (χ3v) is 24.1. The number of fused-ring (bicyclic) bond motifs is 1. The summed E-state index contributed by atoms with van der Waals surface area (Å²) in [6, 6.07) is 42.7. The Kier molecular flexibility index (Phi) is 5.74. The number of benzene rings is 6. The van der Waals surface area contributed by atoms with Crippen LogP contribution in [0.25, 0.3) is 10.8 Å². The molecule has 3 heterocycles. The molecule has 0 radical (unpaired) electrons. The van der Waals surface area contributed by atoms with Crippen LogP contribution in [-0.2, 0) is 10.8 Å². The van der Waals surface area contributed by atoms with Crippen LogP contribution >= 0.6 is 0 Å². The molecule has 0 aromatic heterocycles. The molecule has 0 saturated heterocycles. The first-order valence-corrected chi connectivity index (χ1v) is 22.0. The predicted octanol–water partition coefficient (Wildman–Crippen LogP) is 8.81. The fraction of sp³-hybridized carbons (Fsp3) is 0.190. The van der Waals surface area contributed by atoms with Crippen molar-refractivity contribution in [3.63, 3.8) is 0 Å². The molecule has 3 nitrogen and oxygen atoms in total. The monoisotopic (exact) mass is 707 g/mol. The zero-order valence-electron chi connectivity index (χ0n) is 27.2. The topological polar surface area (TPSA) is 21.7 Å². The van der Waals surface area contributed by atoms with Gasteiger partial charge in [0.05, 0.1) is 0 Å². The van der Waals surface area contributed by atoms with Crippen LogP contribution in [0.15, 0.2) is 115 Å². The SMILES string of the molecule is CC(C)(C)c1ccc2[c]3c1Oc1cccc4[c]1[Sn]3([c]1ccccc1)[c]1c(ccc(C(C)(C)C)c1O4)N2c1ccc2ccccc2c1. The summed E-state index contributed by atoms with van der Waals surface area (Å²) in [6.45, 7) is 13.8. The van der Waals surface area contributed by atoms with Gasteiger partial charge in [0.15, 0.2) is 0 Å². The zero-order chi connectivity index (χ0) is 31.6. The van der Waals surface area contributed by atoms with Gasteiger partial charge >= 0.3 is 277 Å². The summed E-state index contributed by atoms with van der Waals surface area (Å²) in [4.78, 5) is 2.49. The van der Waals surface area contributed by atoms with Crippen LogP contribution in [0.3, 0.4) is 0 Å². The zero-order valence-corrected chi connectivity index (χ0v) is 30.1. The van der Waals surface area contributed by atoms with E-state index in [1.165, 1.54) is 47.6 Å². The Labute approximate surface area is 275 Å². The summed E-state index contributed by atoms with van der Waals surface area (Å²) >= 11 is -4.16.